The number of hydrogen-bond acceptors (Lipinski definition) is 0. The largest absolute Gasteiger partial charge is 0.0149 e. The molecule has 0 unspecified atom stereocenters. The summed E-state index contributed by atoms with van der Waals surface area (Å²) >= 11 is 0. The molecule has 4 heavy (non-hydrogen) atoms. The van der Waals surface area contributed by atoms with Crippen LogP contribution in [0.3, 0.4) is 0 Å². The molecular formula is H4AlCuMnSi. The normalized spacial score (nSPS) is 0. The Morgan fingerprint density at radius 1 is 1.00 bits per heavy atom. The maximum Gasteiger partial charge on any atom is 0 e. The van der Waals surface area contributed by atoms with Crippen molar-refractivity contribution >= 4 is 28.3 Å². The topological polar surface area (TPSA) is 0 Å². The van der Waals surface area contributed by atoms with Gasteiger partial charge in [0.15, 0.2) is 0 Å². The minimum absolute atomic E-state index is 0. The van der Waals surface area contributed by atoms with Gasteiger partial charge in [-0.2, -0.15) is 0 Å². The molecule has 0 aromatic heterocycles. The Hall–Kier alpha value is 1.79. The van der Waals surface area contributed by atoms with Crippen molar-refractivity contribution in [3.63, 3.8) is 0 Å². The van der Waals surface area contributed by atoms with Crippen molar-refractivity contribution in [3.05, 3.63) is 0 Å². The zero-order chi connectivity index (χ0) is 0. The molecule has 0 bridgehead atoms. The summed E-state index contributed by atoms with van der Waals surface area (Å²) in [5.41, 5.74) is 0. The molecule has 0 atom stereocenters. The molecule has 0 nitrogen and oxygen atoms in total. The van der Waals surface area contributed by atoms with Crippen molar-refractivity contribution in [1.29, 1.82) is 0 Å². The van der Waals surface area contributed by atoms with Crippen LogP contribution in [0.1, 0.15) is 0 Å². The Labute approximate surface area is 62.2 Å². The van der Waals surface area contributed by atoms with Crippen LogP contribution in [0.15, 0.2) is 0 Å². The van der Waals surface area contributed by atoms with Crippen molar-refractivity contribution in [2.24, 2.45) is 0 Å². The van der Waals surface area contributed by atoms with Crippen LogP contribution in [0, 0.1) is 0 Å². The van der Waals surface area contributed by atoms with E-state index >= 15 is 0 Å². The average molecular weight is 178 g/mol. The smallest absolute Gasteiger partial charge is 0 e. The van der Waals surface area contributed by atoms with E-state index in [1.165, 1.54) is 0 Å². The first-order valence-electron chi connectivity index (χ1n) is 0. The van der Waals surface area contributed by atoms with E-state index in [1.807, 2.05) is 0 Å². The molecule has 0 rings (SSSR count). The molecule has 29 valence electrons. The third-order valence-electron chi connectivity index (χ3n) is 0. The van der Waals surface area contributed by atoms with Crippen molar-refractivity contribution in [1.82, 2.24) is 0 Å². The summed E-state index contributed by atoms with van der Waals surface area (Å²) in [5, 5.41) is 0. The van der Waals surface area contributed by atoms with Gasteiger partial charge >= 0.3 is 0 Å². The van der Waals surface area contributed by atoms with Crippen LogP contribution in [-0.2, 0) is 34.1 Å². The molecule has 0 saturated carbocycles. The van der Waals surface area contributed by atoms with Gasteiger partial charge in [-0.05, 0) is 11.0 Å². The van der Waals surface area contributed by atoms with Crippen LogP contribution in [-0.4, -0.2) is 28.3 Å². The van der Waals surface area contributed by atoms with Gasteiger partial charge in [0.1, 0.15) is 0 Å². The van der Waals surface area contributed by atoms with Gasteiger partial charge in [0.25, 0.3) is 0 Å². The van der Waals surface area contributed by atoms with Crippen LogP contribution < -0.4 is 0 Å². The van der Waals surface area contributed by atoms with Gasteiger partial charge in [-0.15, -0.1) is 0 Å². The molecule has 0 saturated heterocycles. The second kappa shape index (κ2) is 21.5. The zero-order valence-electron chi connectivity index (χ0n) is 1.26. The second-order valence-electron chi connectivity index (χ2n) is 0. The van der Waals surface area contributed by atoms with E-state index in [-0.39, 0.29) is 62.5 Å². The fourth-order valence-electron chi connectivity index (χ4n) is 0. The first-order chi connectivity index (χ1) is 0. The third kappa shape index (κ3) is 9.21. The average Bonchev–Trinajstić information content (AvgIpc) is 0. The van der Waals surface area contributed by atoms with E-state index in [9.17, 15) is 0 Å². The van der Waals surface area contributed by atoms with E-state index in [0.29, 0.717) is 0 Å². The molecule has 0 aliphatic carbocycles. The Balaban J connectivity index is 0. The first-order valence-corrected chi connectivity index (χ1v) is 0. The van der Waals surface area contributed by atoms with Crippen molar-refractivity contribution in [2.75, 3.05) is 0 Å². The summed E-state index contributed by atoms with van der Waals surface area (Å²) in [4.78, 5) is 0. The first kappa shape index (κ1) is 41.5. The Bertz CT molecular complexity index is 8.00. The van der Waals surface area contributed by atoms with Crippen LogP contribution in [0.4, 0.5) is 0 Å². The summed E-state index contributed by atoms with van der Waals surface area (Å²) in [6.45, 7) is 0. The quantitative estimate of drug-likeness (QED) is 0.382. The van der Waals surface area contributed by atoms with Gasteiger partial charge in [-0.3, -0.25) is 0 Å². The zero-order valence-corrected chi connectivity index (χ0v) is 4.53. The molecule has 0 aromatic rings. The van der Waals surface area contributed by atoms with E-state index < -0.39 is 0 Å². The van der Waals surface area contributed by atoms with Crippen LogP contribution in [0.5, 0.6) is 0 Å². The number of hydrogen-bond donors (Lipinski definition) is 0. The summed E-state index contributed by atoms with van der Waals surface area (Å²) < 4.78 is 0. The molecule has 0 amide bonds. The van der Waals surface area contributed by atoms with Crippen LogP contribution in [0.2, 0.25) is 0 Å². The standard InChI is InChI=1S/Al.Cu.Mn.H4Si/h;;;1H4. The Kier molecular flexibility index (Phi) is 223. The summed E-state index contributed by atoms with van der Waals surface area (Å²) in [6.07, 6.45) is 0. The second-order valence-corrected chi connectivity index (χ2v) is 0. The third-order valence-corrected chi connectivity index (χ3v) is 0. The maximum atomic E-state index is 0. The van der Waals surface area contributed by atoms with Gasteiger partial charge in [0.05, 0.1) is 0 Å². The summed E-state index contributed by atoms with van der Waals surface area (Å²) in [5.74, 6) is 0. The van der Waals surface area contributed by atoms with Gasteiger partial charge < -0.3 is 0 Å². The summed E-state index contributed by atoms with van der Waals surface area (Å²) in [7, 11) is 0. The molecule has 0 N–H and O–H groups in total. The maximum absolute atomic E-state index is 0. The SMILES string of the molecule is [Al].[Cu].[Mn].[SiH4]. The monoisotopic (exact) mass is 177 g/mol. The van der Waals surface area contributed by atoms with Gasteiger partial charge in [-0.1, -0.05) is 0 Å². The fourth-order valence-corrected chi connectivity index (χ4v) is 0. The minimum atomic E-state index is 0. The van der Waals surface area contributed by atoms with E-state index in [0.717, 1.165) is 0 Å². The van der Waals surface area contributed by atoms with Gasteiger partial charge in [-0.25, -0.2) is 0 Å². The molecule has 0 spiro atoms. The van der Waals surface area contributed by atoms with Crippen molar-refractivity contribution in [2.45, 2.75) is 0 Å². The van der Waals surface area contributed by atoms with Crippen LogP contribution in [0.25, 0.3) is 0 Å². The molecule has 0 aliphatic rings. The molecule has 0 aliphatic heterocycles. The van der Waals surface area contributed by atoms with Gasteiger partial charge in [0, 0.05) is 51.5 Å². The molecule has 0 heterocycles. The predicted octanol–water partition coefficient (Wildman–Crippen LogP) is -1.84. The molecule has 5 radical (unpaired) electrons. The van der Waals surface area contributed by atoms with Crippen molar-refractivity contribution in [3.8, 4) is 0 Å². The van der Waals surface area contributed by atoms with Crippen LogP contribution >= 0.6 is 0 Å². The molecule has 0 fully saturated rings. The fraction of sp³-hybridized carbons (Fsp3) is 0. The number of rotatable bonds is 0. The summed E-state index contributed by atoms with van der Waals surface area (Å²) in [6, 6.07) is 0. The molecular weight excluding hydrogens is 174 g/mol. The Morgan fingerprint density at radius 2 is 1.00 bits per heavy atom. The van der Waals surface area contributed by atoms with E-state index in [4.69, 9.17) is 0 Å². The Morgan fingerprint density at radius 3 is 1.00 bits per heavy atom. The van der Waals surface area contributed by atoms with E-state index in [2.05, 4.69) is 0 Å². The predicted molar refractivity (Wildman–Crippen MR) is 17.1 cm³/mol. The molecule has 0 aromatic carbocycles. The van der Waals surface area contributed by atoms with Crippen molar-refractivity contribution < 1.29 is 34.1 Å². The van der Waals surface area contributed by atoms with E-state index in [1.54, 1.807) is 0 Å². The minimum Gasteiger partial charge on any atom is -0.0149 e. The molecule has 4 heteroatoms. The van der Waals surface area contributed by atoms with Gasteiger partial charge in [0.2, 0.25) is 0 Å².